The summed E-state index contributed by atoms with van der Waals surface area (Å²) in [4.78, 5) is 39.8. The van der Waals surface area contributed by atoms with E-state index >= 15 is 0 Å². The summed E-state index contributed by atoms with van der Waals surface area (Å²) >= 11 is 0. The van der Waals surface area contributed by atoms with Crippen LogP contribution in [0.4, 0.5) is 0 Å². The molecule has 0 spiro atoms. The molecule has 3 atom stereocenters. The van der Waals surface area contributed by atoms with Crippen molar-refractivity contribution in [3.8, 4) is 0 Å². The molecule has 0 bridgehead atoms. The Bertz CT molecular complexity index is 1540. The largest absolute Gasteiger partial charge is 0.756 e. The highest BCUT2D eigenvalue weighted by Crippen LogP contribution is 2.38. The number of rotatable bonds is 50. The fraction of sp³-hybridized carbons (Fsp3) is 0.705. The molecule has 0 saturated heterocycles. The lowest BCUT2D eigenvalue weighted by atomic mass is 10.1. The molecule has 0 aromatic rings. The summed E-state index contributed by atoms with van der Waals surface area (Å²) in [5.74, 6) is -0.625. The first-order valence-corrected chi connectivity index (χ1v) is 30.0. The van der Waals surface area contributed by atoms with Crippen LogP contribution in [0.5, 0.6) is 0 Å². The maximum Gasteiger partial charge on any atom is 0.306 e. The molecule has 1 N–H and O–H groups in total. The molecule has 10 heteroatoms. The van der Waals surface area contributed by atoms with Crippen LogP contribution in [-0.2, 0) is 27.9 Å². The van der Waals surface area contributed by atoms with E-state index in [9.17, 15) is 19.0 Å². The number of allylic oxidation sites excluding steroid dienone is 15. The summed E-state index contributed by atoms with van der Waals surface area (Å²) in [5.41, 5.74) is 0. The molecule has 0 fully saturated rings. The fourth-order valence-electron chi connectivity index (χ4n) is 7.59. The van der Waals surface area contributed by atoms with Crippen molar-refractivity contribution in [3.63, 3.8) is 0 Å². The van der Waals surface area contributed by atoms with Gasteiger partial charge in [0.1, 0.15) is 19.3 Å². The third-order valence-electron chi connectivity index (χ3n) is 12.0. The minimum Gasteiger partial charge on any atom is -0.756 e. The highest BCUT2D eigenvalue weighted by atomic mass is 31.2. The molecule has 0 heterocycles. The Hall–Kier alpha value is -3.07. The van der Waals surface area contributed by atoms with Gasteiger partial charge in [-0.3, -0.25) is 14.2 Å². The summed E-state index contributed by atoms with van der Waals surface area (Å²) in [6, 6.07) is -0.920. The van der Waals surface area contributed by atoms with Crippen molar-refractivity contribution in [2.24, 2.45) is 0 Å². The maximum atomic E-state index is 13.5. The van der Waals surface area contributed by atoms with Gasteiger partial charge >= 0.3 is 5.97 Å². The molecule has 1 amide bonds. The van der Waals surface area contributed by atoms with E-state index in [1.165, 1.54) is 89.9 Å². The number of unbranched alkanes of at least 4 members (excludes halogenated alkanes) is 20. The molecule has 0 aliphatic rings. The molecular formula is C61H107N2O7P. The van der Waals surface area contributed by atoms with E-state index in [4.69, 9.17) is 13.8 Å². The van der Waals surface area contributed by atoms with Gasteiger partial charge in [0.2, 0.25) is 5.91 Å². The van der Waals surface area contributed by atoms with Crippen LogP contribution in [0.1, 0.15) is 226 Å². The maximum absolute atomic E-state index is 13.5. The molecule has 9 nitrogen and oxygen atoms in total. The number of esters is 1. The van der Waals surface area contributed by atoms with Crippen LogP contribution in [0.25, 0.3) is 0 Å². The Morgan fingerprint density at radius 3 is 1.41 bits per heavy atom. The van der Waals surface area contributed by atoms with Crippen LogP contribution in [-0.4, -0.2) is 69.4 Å². The molecule has 0 saturated carbocycles. The Balaban J connectivity index is 5.43. The lowest BCUT2D eigenvalue weighted by Crippen LogP contribution is -2.47. The second kappa shape index (κ2) is 50.5. The summed E-state index contributed by atoms with van der Waals surface area (Å²) in [6.07, 6.45) is 66.6. The Kier molecular flexibility index (Phi) is 48.3. The number of amides is 1. The number of nitrogens with zero attached hydrogens (tertiary/aromatic N) is 1. The molecule has 0 aromatic heterocycles. The van der Waals surface area contributed by atoms with Gasteiger partial charge in [-0.1, -0.05) is 208 Å². The first kappa shape index (κ1) is 67.9. The Labute approximate surface area is 437 Å². The number of nitrogens with one attached hydrogen (secondary N) is 1. The lowest BCUT2D eigenvalue weighted by molar-refractivity contribution is -0.870. The van der Waals surface area contributed by atoms with Crippen LogP contribution in [0, 0.1) is 0 Å². The van der Waals surface area contributed by atoms with Crippen molar-refractivity contribution in [2.75, 3.05) is 40.9 Å². The smallest absolute Gasteiger partial charge is 0.306 e. The third kappa shape index (κ3) is 51.6. The predicted octanol–water partition coefficient (Wildman–Crippen LogP) is 16.6. The monoisotopic (exact) mass is 1010 g/mol. The average Bonchev–Trinajstić information content (AvgIpc) is 3.33. The molecule has 408 valence electrons. The van der Waals surface area contributed by atoms with Crippen LogP contribution in [0.2, 0.25) is 0 Å². The molecule has 0 radical (unpaired) electrons. The zero-order valence-electron chi connectivity index (χ0n) is 46.4. The van der Waals surface area contributed by atoms with Gasteiger partial charge in [-0.2, -0.15) is 0 Å². The van der Waals surface area contributed by atoms with Crippen LogP contribution < -0.4 is 10.2 Å². The zero-order chi connectivity index (χ0) is 52.2. The van der Waals surface area contributed by atoms with E-state index in [1.54, 1.807) is 6.08 Å². The van der Waals surface area contributed by atoms with Crippen molar-refractivity contribution < 1.29 is 37.3 Å². The van der Waals surface area contributed by atoms with Crippen molar-refractivity contribution in [1.82, 2.24) is 5.32 Å². The lowest BCUT2D eigenvalue weighted by Gasteiger charge is -2.30. The van der Waals surface area contributed by atoms with Gasteiger partial charge in [0.15, 0.2) is 0 Å². The van der Waals surface area contributed by atoms with Gasteiger partial charge in [0.25, 0.3) is 7.82 Å². The number of carbonyl (C=O) groups excluding carboxylic acids is 2. The Morgan fingerprint density at radius 2 is 0.915 bits per heavy atom. The molecule has 0 aliphatic heterocycles. The standard InChI is InChI=1S/C61H107N2O7P/c1-7-10-13-16-19-22-25-27-29-31-33-35-38-41-44-47-50-53-60(64)62-58(57-69-71(66,67)68-56-55-63(4,5)6)59(52-49-46-43-40-37-24-21-18-15-12-9-3)70-61(65)54-51-48-45-42-39-36-34-32-30-28-26-23-20-17-14-11-8-2/h11,14,19-20,22-23,27-30,34,36,42,45,49,52,58-59H,7-10,12-13,15-18,21,24-26,31-33,35,37-41,43-44,46-48,50-51,53-57H2,1-6H3,(H-,62,64,66,67)/b14-11-,22-19-,23-20-,29-27-,30-28-,36-34-,45-42-,52-49+. The van der Waals surface area contributed by atoms with Gasteiger partial charge in [0, 0.05) is 12.8 Å². The van der Waals surface area contributed by atoms with E-state index in [0.29, 0.717) is 23.9 Å². The topological polar surface area (TPSA) is 114 Å². The van der Waals surface area contributed by atoms with Crippen LogP contribution in [0.3, 0.4) is 0 Å². The highest BCUT2D eigenvalue weighted by Gasteiger charge is 2.27. The highest BCUT2D eigenvalue weighted by molar-refractivity contribution is 7.45. The first-order chi connectivity index (χ1) is 34.4. The first-order valence-electron chi connectivity index (χ1n) is 28.5. The quantitative estimate of drug-likeness (QED) is 0.0212. The van der Waals surface area contributed by atoms with E-state index in [2.05, 4.69) is 111 Å². The summed E-state index contributed by atoms with van der Waals surface area (Å²) in [5, 5.41) is 3.00. The normalized spacial score (nSPS) is 14.5. The zero-order valence-corrected chi connectivity index (χ0v) is 47.3. The van der Waals surface area contributed by atoms with E-state index in [1.807, 2.05) is 27.2 Å². The van der Waals surface area contributed by atoms with E-state index in [0.717, 1.165) is 96.3 Å². The second-order valence-corrected chi connectivity index (χ2v) is 21.5. The van der Waals surface area contributed by atoms with Gasteiger partial charge in [-0.15, -0.1) is 0 Å². The summed E-state index contributed by atoms with van der Waals surface area (Å²) in [7, 11) is 1.14. The third-order valence-corrected chi connectivity index (χ3v) is 13.0. The number of hydrogen-bond acceptors (Lipinski definition) is 7. The van der Waals surface area contributed by atoms with Gasteiger partial charge in [0.05, 0.1) is 33.8 Å². The predicted molar refractivity (Wildman–Crippen MR) is 302 cm³/mol. The fourth-order valence-corrected chi connectivity index (χ4v) is 8.31. The van der Waals surface area contributed by atoms with E-state index in [-0.39, 0.29) is 18.9 Å². The SMILES string of the molecule is CC/C=C\C/C=C\C/C=C\C/C=C\C/C=C\CCCC(=O)OC(/C=C/CCCCCCCCCCC)C(COP(=O)([O-])OCC[N+](C)(C)C)NC(=O)CCCCCCCCC/C=C\C/C=C\CCCCC. The number of ether oxygens (including phenoxy) is 1. The molecule has 71 heavy (non-hydrogen) atoms. The van der Waals surface area contributed by atoms with E-state index < -0.39 is 32.5 Å². The van der Waals surface area contributed by atoms with Gasteiger partial charge < -0.3 is 28.5 Å². The van der Waals surface area contributed by atoms with Crippen molar-refractivity contribution >= 4 is 19.7 Å². The molecular weight excluding hydrogens is 904 g/mol. The van der Waals surface area contributed by atoms with Crippen molar-refractivity contribution in [3.05, 3.63) is 97.2 Å². The van der Waals surface area contributed by atoms with Gasteiger partial charge in [-0.25, -0.2) is 0 Å². The van der Waals surface area contributed by atoms with Crippen molar-refractivity contribution in [2.45, 2.75) is 238 Å². The number of phosphoric ester groups is 1. The summed E-state index contributed by atoms with van der Waals surface area (Å²) < 4.78 is 30.2. The number of likely N-dealkylation sites (N-methyl/N-ethyl adjacent to an activating group) is 1. The number of carbonyl (C=O) groups is 2. The average molecular weight is 1010 g/mol. The number of quaternary nitrogens is 1. The number of phosphoric acid groups is 1. The molecule has 0 rings (SSSR count). The second-order valence-electron chi connectivity index (χ2n) is 20.1. The Morgan fingerprint density at radius 1 is 0.507 bits per heavy atom. The van der Waals surface area contributed by atoms with Crippen molar-refractivity contribution in [1.29, 1.82) is 0 Å². The van der Waals surface area contributed by atoms with Crippen LogP contribution in [0.15, 0.2) is 97.2 Å². The van der Waals surface area contributed by atoms with Crippen LogP contribution >= 0.6 is 7.82 Å². The van der Waals surface area contributed by atoms with Gasteiger partial charge in [-0.05, 0) is 102 Å². The summed E-state index contributed by atoms with van der Waals surface area (Å²) in [6.45, 7) is 6.63. The minimum absolute atomic E-state index is 0.0373. The molecule has 0 aromatic carbocycles. The molecule has 0 aliphatic carbocycles. The number of hydrogen-bond donors (Lipinski definition) is 1. The molecule has 3 unspecified atom stereocenters. The minimum atomic E-state index is -4.71.